The third kappa shape index (κ3) is 2.52. The van der Waals surface area contributed by atoms with Crippen molar-refractivity contribution in [3.8, 4) is 0 Å². The first-order valence-corrected chi connectivity index (χ1v) is 4.65. The number of allylic oxidation sites excluding steroid dienone is 1. The highest BCUT2D eigenvalue weighted by Gasteiger charge is 2.16. The number of nitrogens with zero attached hydrogens (tertiary/aromatic N) is 1. The van der Waals surface area contributed by atoms with Gasteiger partial charge in [-0.1, -0.05) is 6.92 Å². The van der Waals surface area contributed by atoms with Gasteiger partial charge in [-0.2, -0.15) is 0 Å². The molecule has 0 bridgehead atoms. The van der Waals surface area contributed by atoms with Crippen LogP contribution in [0.2, 0.25) is 0 Å². The highest BCUT2D eigenvalue weighted by molar-refractivity contribution is 5.05. The highest BCUT2D eigenvalue weighted by atomic mass is 16.5. The van der Waals surface area contributed by atoms with Gasteiger partial charge in [-0.15, -0.1) is 0 Å². The van der Waals surface area contributed by atoms with Crippen molar-refractivity contribution in [3.05, 3.63) is 11.6 Å². The van der Waals surface area contributed by atoms with E-state index in [9.17, 15) is 0 Å². The van der Waals surface area contributed by atoms with Crippen molar-refractivity contribution in [2.45, 2.75) is 13.3 Å². The molecule has 1 heterocycles. The minimum atomic E-state index is 0.706. The Hall–Kier alpha value is -0.900. The molecular formula is C9H18N2O2. The summed E-state index contributed by atoms with van der Waals surface area (Å²) < 4.78 is 10.4. The first kappa shape index (κ1) is 10.2. The van der Waals surface area contributed by atoms with Crippen molar-refractivity contribution < 1.29 is 9.47 Å². The van der Waals surface area contributed by atoms with Gasteiger partial charge in [0.1, 0.15) is 18.2 Å². The summed E-state index contributed by atoms with van der Waals surface area (Å²) in [6.45, 7) is 5.18. The monoisotopic (exact) mass is 186 g/mol. The summed E-state index contributed by atoms with van der Waals surface area (Å²) in [7, 11) is 1.70. The number of methoxy groups -OCH3 is 1. The second kappa shape index (κ2) is 4.97. The van der Waals surface area contributed by atoms with Crippen LogP contribution in [0.15, 0.2) is 11.6 Å². The molecule has 0 fully saturated rings. The Morgan fingerprint density at radius 1 is 1.62 bits per heavy atom. The van der Waals surface area contributed by atoms with Gasteiger partial charge < -0.3 is 20.1 Å². The van der Waals surface area contributed by atoms with Crippen molar-refractivity contribution in [1.29, 1.82) is 0 Å². The fraction of sp³-hybridized carbons (Fsp3) is 0.778. The van der Waals surface area contributed by atoms with Crippen molar-refractivity contribution >= 4 is 0 Å². The highest BCUT2D eigenvalue weighted by Crippen LogP contribution is 2.14. The summed E-state index contributed by atoms with van der Waals surface area (Å²) in [5.41, 5.74) is 5.90. The SMILES string of the molecule is CCC1=C(N)N(CCOC)CCO1. The average Bonchev–Trinajstić information content (AvgIpc) is 2.16. The fourth-order valence-corrected chi connectivity index (χ4v) is 1.37. The molecule has 4 heteroatoms. The van der Waals surface area contributed by atoms with Gasteiger partial charge >= 0.3 is 0 Å². The van der Waals surface area contributed by atoms with Crippen molar-refractivity contribution in [2.24, 2.45) is 5.73 Å². The Balaban J connectivity index is 2.54. The molecule has 2 N–H and O–H groups in total. The van der Waals surface area contributed by atoms with Crippen molar-refractivity contribution in [1.82, 2.24) is 4.90 Å². The molecule has 0 unspecified atom stereocenters. The van der Waals surface area contributed by atoms with E-state index in [0.29, 0.717) is 6.61 Å². The summed E-state index contributed by atoms with van der Waals surface area (Å²) in [5, 5.41) is 0. The van der Waals surface area contributed by atoms with Crippen LogP contribution in [0.3, 0.4) is 0 Å². The summed E-state index contributed by atoms with van der Waals surface area (Å²) in [4.78, 5) is 2.10. The molecule has 0 aromatic carbocycles. The molecule has 0 spiro atoms. The number of ether oxygens (including phenoxy) is 2. The van der Waals surface area contributed by atoms with Gasteiger partial charge in [-0.3, -0.25) is 0 Å². The Morgan fingerprint density at radius 3 is 3.00 bits per heavy atom. The van der Waals surface area contributed by atoms with Crippen LogP contribution in [0.25, 0.3) is 0 Å². The molecule has 0 saturated carbocycles. The number of hydrogen-bond acceptors (Lipinski definition) is 4. The third-order valence-corrected chi connectivity index (χ3v) is 2.15. The molecule has 0 amide bonds. The van der Waals surface area contributed by atoms with Gasteiger partial charge in [0.25, 0.3) is 0 Å². The molecule has 0 aromatic heterocycles. The van der Waals surface area contributed by atoms with Crippen LogP contribution in [0.5, 0.6) is 0 Å². The van der Waals surface area contributed by atoms with Crippen LogP contribution in [0.4, 0.5) is 0 Å². The van der Waals surface area contributed by atoms with E-state index in [2.05, 4.69) is 4.90 Å². The molecule has 1 aliphatic rings. The standard InChI is InChI=1S/C9H18N2O2/c1-3-8-9(10)11(4-6-12-2)5-7-13-8/h3-7,10H2,1-2H3. The van der Waals surface area contributed by atoms with Crippen LogP contribution >= 0.6 is 0 Å². The van der Waals surface area contributed by atoms with E-state index >= 15 is 0 Å². The van der Waals surface area contributed by atoms with Gasteiger partial charge in [0.05, 0.1) is 13.2 Å². The molecule has 4 nitrogen and oxygen atoms in total. The van der Waals surface area contributed by atoms with E-state index in [1.165, 1.54) is 0 Å². The minimum absolute atomic E-state index is 0.706. The maximum absolute atomic E-state index is 5.90. The van der Waals surface area contributed by atoms with E-state index in [1.807, 2.05) is 6.92 Å². The molecule has 0 radical (unpaired) electrons. The van der Waals surface area contributed by atoms with Crippen LogP contribution in [0, 0.1) is 0 Å². The molecule has 76 valence electrons. The number of nitrogens with two attached hydrogens (primary N) is 1. The van der Waals surface area contributed by atoms with Gasteiger partial charge in [0, 0.05) is 20.1 Å². The van der Waals surface area contributed by atoms with E-state index in [4.69, 9.17) is 15.2 Å². The Bertz CT molecular complexity index is 192. The smallest absolute Gasteiger partial charge is 0.138 e. The van der Waals surface area contributed by atoms with Crippen molar-refractivity contribution in [2.75, 3.05) is 33.4 Å². The maximum Gasteiger partial charge on any atom is 0.138 e. The molecule has 1 aliphatic heterocycles. The summed E-state index contributed by atoms with van der Waals surface area (Å²) >= 11 is 0. The zero-order valence-electron chi connectivity index (χ0n) is 8.38. The van der Waals surface area contributed by atoms with E-state index in [1.54, 1.807) is 7.11 Å². The zero-order valence-corrected chi connectivity index (χ0v) is 8.38. The summed E-state index contributed by atoms with van der Waals surface area (Å²) in [6.07, 6.45) is 0.856. The Kier molecular flexibility index (Phi) is 3.89. The number of hydrogen-bond donors (Lipinski definition) is 1. The lowest BCUT2D eigenvalue weighted by Gasteiger charge is -2.30. The first-order valence-electron chi connectivity index (χ1n) is 4.65. The van der Waals surface area contributed by atoms with E-state index < -0.39 is 0 Å². The lowest BCUT2D eigenvalue weighted by atomic mass is 10.3. The van der Waals surface area contributed by atoms with Gasteiger partial charge in [-0.25, -0.2) is 0 Å². The first-order chi connectivity index (χ1) is 6.29. The summed E-state index contributed by atoms with van der Waals surface area (Å²) in [5.74, 6) is 1.67. The maximum atomic E-state index is 5.90. The van der Waals surface area contributed by atoms with Crippen LogP contribution < -0.4 is 5.73 Å². The molecule has 13 heavy (non-hydrogen) atoms. The molecule has 0 aliphatic carbocycles. The topological polar surface area (TPSA) is 47.7 Å². The van der Waals surface area contributed by atoms with Gasteiger partial charge in [0.15, 0.2) is 0 Å². The van der Waals surface area contributed by atoms with Crippen LogP contribution in [0.1, 0.15) is 13.3 Å². The fourth-order valence-electron chi connectivity index (χ4n) is 1.37. The largest absolute Gasteiger partial charge is 0.492 e. The number of rotatable bonds is 4. The van der Waals surface area contributed by atoms with Crippen LogP contribution in [-0.2, 0) is 9.47 Å². The van der Waals surface area contributed by atoms with E-state index in [0.717, 1.165) is 37.7 Å². The molecule has 0 aromatic rings. The van der Waals surface area contributed by atoms with Crippen molar-refractivity contribution in [3.63, 3.8) is 0 Å². The predicted molar refractivity (Wildman–Crippen MR) is 50.9 cm³/mol. The molecule has 0 atom stereocenters. The quantitative estimate of drug-likeness (QED) is 0.694. The predicted octanol–water partition coefficient (Wildman–Crippen LogP) is 0.503. The van der Waals surface area contributed by atoms with Crippen LogP contribution in [-0.4, -0.2) is 38.3 Å². The summed E-state index contributed by atoms with van der Waals surface area (Å²) in [6, 6.07) is 0. The lowest BCUT2D eigenvalue weighted by Crippen LogP contribution is -2.38. The zero-order chi connectivity index (χ0) is 9.68. The molecule has 1 rings (SSSR count). The second-order valence-corrected chi connectivity index (χ2v) is 2.99. The lowest BCUT2D eigenvalue weighted by molar-refractivity contribution is 0.0984. The minimum Gasteiger partial charge on any atom is -0.492 e. The van der Waals surface area contributed by atoms with Gasteiger partial charge in [0.2, 0.25) is 0 Å². The molecule has 0 saturated heterocycles. The van der Waals surface area contributed by atoms with Gasteiger partial charge in [-0.05, 0) is 0 Å². The Morgan fingerprint density at radius 2 is 2.38 bits per heavy atom. The average molecular weight is 186 g/mol. The third-order valence-electron chi connectivity index (χ3n) is 2.15. The van der Waals surface area contributed by atoms with E-state index in [-0.39, 0.29) is 0 Å². The Labute approximate surface area is 79.3 Å². The normalized spacial score (nSPS) is 17.5. The second-order valence-electron chi connectivity index (χ2n) is 2.99. The molecular weight excluding hydrogens is 168 g/mol.